The molecular formula is C19H17BrN2O2. The van der Waals surface area contributed by atoms with E-state index in [0.29, 0.717) is 12.3 Å². The van der Waals surface area contributed by atoms with Crippen LogP contribution in [0.3, 0.4) is 0 Å². The molecule has 0 unspecified atom stereocenters. The number of rotatable bonds is 6. The highest BCUT2D eigenvalue weighted by atomic mass is 79.9. The molecule has 1 amide bonds. The molecule has 0 aliphatic heterocycles. The molecule has 0 aliphatic rings. The van der Waals surface area contributed by atoms with Gasteiger partial charge in [0.05, 0.1) is 0 Å². The molecule has 0 atom stereocenters. The monoisotopic (exact) mass is 384 g/mol. The molecule has 0 saturated carbocycles. The quantitative estimate of drug-likeness (QED) is 0.706. The third-order valence-corrected chi connectivity index (χ3v) is 3.84. The number of hydrogen-bond donors (Lipinski definition) is 0. The number of carbonyl (C=O) groups excluding carboxylic acids is 1. The average Bonchev–Trinajstić information content (AvgIpc) is 2.60. The van der Waals surface area contributed by atoms with Gasteiger partial charge in [0.1, 0.15) is 11.8 Å². The van der Waals surface area contributed by atoms with Crippen molar-refractivity contribution in [2.24, 2.45) is 0 Å². The van der Waals surface area contributed by atoms with E-state index < -0.39 is 0 Å². The van der Waals surface area contributed by atoms with Crippen LogP contribution in [0.2, 0.25) is 0 Å². The minimum atomic E-state index is -0.0669. The van der Waals surface area contributed by atoms with E-state index in [1.807, 2.05) is 42.5 Å². The fourth-order valence-corrected chi connectivity index (χ4v) is 2.29. The Bertz CT molecular complexity index is 746. The number of ether oxygens (including phenoxy) is 1. The van der Waals surface area contributed by atoms with Crippen molar-refractivity contribution in [3.63, 3.8) is 0 Å². The molecule has 5 heteroatoms. The summed E-state index contributed by atoms with van der Waals surface area (Å²) >= 11 is 3.39. The van der Waals surface area contributed by atoms with E-state index in [0.717, 1.165) is 15.6 Å². The number of nitriles is 1. The van der Waals surface area contributed by atoms with Gasteiger partial charge < -0.3 is 9.64 Å². The van der Waals surface area contributed by atoms with Crippen molar-refractivity contribution < 1.29 is 9.53 Å². The third kappa shape index (κ3) is 5.56. The Hall–Kier alpha value is -2.58. The summed E-state index contributed by atoms with van der Waals surface area (Å²) in [5.74, 6) is 0.565. The van der Waals surface area contributed by atoms with Gasteiger partial charge in [0.15, 0.2) is 6.61 Å². The fourth-order valence-electron chi connectivity index (χ4n) is 2.03. The molecule has 0 saturated heterocycles. The highest BCUT2D eigenvalue weighted by Gasteiger charge is 2.05. The number of hydrogen-bond acceptors (Lipinski definition) is 3. The second kappa shape index (κ2) is 8.90. The Morgan fingerprint density at radius 1 is 1.21 bits per heavy atom. The summed E-state index contributed by atoms with van der Waals surface area (Å²) in [6.45, 7) is 0.575. The predicted molar refractivity (Wildman–Crippen MR) is 97.2 cm³/mol. The first-order valence-electron chi connectivity index (χ1n) is 7.36. The molecule has 0 aromatic heterocycles. The Morgan fingerprint density at radius 2 is 1.88 bits per heavy atom. The lowest BCUT2D eigenvalue weighted by molar-refractivity contribution is -0.125. The lowest BCUT2D eigenvalue weighted by Gasteiger charge is -2.15. The second-order valence-electron chi connectivity index (χ2n) is 5.17. The van der Waals surface area contributed by atoms with Crippen LogP contribution in [0.25, 0.3) is 6.08 Å². The normalized spacial score (nSPS) is 10.4. The lowest BCUT2D eigenvalue weighted by Crippen LogP contribution is -2.24. The van der Waals surface area contributed by atoms with Gasteiger partial charge in [-0.3, -0.25) is 4.79 Å². The number of likely N-dealkylation sites (N-methyl/N-ethyl adjacent to an activating group) is 1. The Morgan fingerprint density at radius 3 is 2.50 bits per heavy atom. The van der Waals surface area contributed by atoms with Crippen LogP contribution in [-0.2, 0) is 11.3 Å². The topological polar surface area (TPSA) is 53.3 Å². The maximum atomic E-state index is 12.2. The molecule has 0 N–H and O–H groups in total. The first-order chi connectivity index (χ1) is 11.6. The van der Waals surface area contributed by atoms with Crippen LogP contribution < -0.4 is 4.74 Å². The van der Waals surface area contributed by atoms with Crippen molar-refractivity contribution in [1.29, 1.82) is 5.26 Å². The Balaban J connectivity index is 1.91. The van der Waals surface area contributed by atoms with Crippen molar-refractivity contribution in [1.82, 2.24) is 4.90 Å². The Kier molecular flexibility index (Phi) is 6.59. The molecule has 4 nitrogen and oxygen atoms in total. The standard InChI is InChI=1S/C19H17BrN2O2/c1-22(14-16-2-7-17(20)8-3-16)19(23)11-6-15-4-9-18(10-5-15)24-13-12-21/h2-11H,13-14H2,1H3/b11-6+. The minimum absolute atomic E-state index is 0.0223. The highest BCUT2D eigenvalue weighted by Crippen LogP contribution is 2.14. The number of benzene rings is 2. The molecule has 2 aromatic carbocycles. The van der Waals surface area contributed by atoms with Gasteiger partial charge in [0.25, 0.3) is 0 Å². The molecule has 2 aromatic rings. The highest BCUT2D eigenvalue weighted by molar-refractivity contribution is 9.10. The van der Waals surface area contributed by atoms with Gasteiger partial charge in [0, 0.05) is 24.1 Å². The molecule has 0 fully saturated rings. The van der Waals surface area contributed by atoms with Crippen LogP contribution >= 0.6 is 15.9 Å². The molecule has 122 valence electrons. The van der Waals surface area contributed by atoms with Gasteiger partial charge in [-0.25, -0.2) is 0 Å². The van der Waals surface area contributed by atoms with Gasteiger partial charge in [-0.05, 0) is 41.5 Å². The number of amides is 1. The van der Waals surface area contributed by atoms with Gasteiger partial charge >= 0.3 is 0 Å². The zero-order valence-corrected chi connectivity index (χ0v) is 14.9. The zero-order valence-electron chi connectivity index (χ0n) is 13.3. The molecule has 2 rings (SSSR count). The van der Waals surface area contributed by atoms with Crippen molar-refractivity contribution in [3.05, 3.63) is 70.2 Å². The summed E-state index contributed by atoms with van der Waals surface area (Å²) in [7, 11) is 1.77. The van der Waals surface area contributed by atoms with Crippen molar-refractivity contribution >= 4 is 27.9 Å². The summed E-state index contributed by atoms with van der Waals surface area (Å²) in [5.41, 5.74) is 1.96. The summed E-state index contributed by atoms with van der Waals surface area (Å²) < 4.78 is 6.20. The number of halogens is 1. The van der Waals surface area contributed by atoms with Gasteiger partial charge in [-0.2, -0.15) is 5.26 Å². The van der Waals surface area contributed by atoms with E-state index in [9.17, 15) is 4.79 Å². The number of carbonyl (C=O) groups is 1. The van der Waals surface area contributed by atoms with Crippen LogP contribution in [0.4, 0.5) is 0 Å². The van der Waals surface area contributed by atoms with Gasteiger partial charge in [-0.1, -0.05) is 40.2 Å². The van der Waals surface area contributed by atoms with Crippen molar-refractivity contribution in [2.75, 3.05) is 13.7 Å². The molecule has 0 aliphatic carbocycles. The summed E-state index contributed by atoms with van der Waals surface area (Å²) in [4.78, 5) is 13.8. The van der Waals surface area contributed by atoms with E-state index in [4.69, 9.17) is 10.00 Å². The molecule has 24 heavy (non-hydrogen) atoms. The van der Waals surface area contributed by atoms with Crippen LogP contribution in [0.1, 0.15) is 11.1 Å². The van der Waals surface area contributed by atoms with E-state index in [1.54, 1.807) is 36.2 Å². The molecule has 0 spiro atoms. The maximum absolute atomic E-state index is 12.2. The molecule has 0 heterocycles. The molecule has 0 radical (unpaired) electrons. The zero-order chi connectivity index (χ0) is 17.4. The summed E-state index contributed by atoms with van der Waals surface area (Å²) in [6, 6.07) is 17.0. The van der Waals surface area contributed by atoms with Crippen LogP contribution in [0.5, 0.6) is 5.75 Å². The maximum Gasteiger partial charge on any atom is 0.246 e. The summed E-state index contributed by atoms with van der Waals surface area (Å²) in [6.07, 6.45) is 3.30. The van der Waals surface area contributed by atoms with Gasteiger partial charge in [-0.15, -0.1) is 0 Å². The van der Waals surface area contributed by atoms with E-state index in [1.165, 1.54) is 0 Å². The van der Waals surface area contributed by atoms with E-state index in [-0.39, 0.29) is 12.5 Å². The third-order valence-electron chi connectivity index (χ3n) is 3.31. The summed E-state index contributed by atoms with van der Waals surface area (Å²) in [5, 5.41) is 8.47. The van der Waals surface area contributed by atoms with Crippen LogP contribution in [-0.4, -0.2) is 24.5 Å². The molecule has 0 bridgehead atoms. The van der Waals surface area contributed by atoms with Gasteiger partial charge in [0.2, 0.25) is 5.91 Å². The first-order valence-corrected chi connectivity index (χ1v) is 8.15. The average molecular weight is 385 g/mol. The van der Waals surface area contributed by atoms with E-state index in [2.05, 4.69) is 15.9 Å². The lowest BCUT2D eigenvalue weighted by atomic mass is 10.2. The van der Waals surface area contributed by atoms with Crippen molar-refractivity contribution in [2.45, 2.75) is 6.54 Å². The largest absolute Gasteiger partial charge is 0.479 e. The second-order valence-corrected chi connectivity index (χ2v) is 6.09. The Labute approximate surface area is 150 Å². The molecular weight excluding hydrogens is 368 g/mol. The SMILES string of the molecule is CN(Cc1ccc(Br)cc1)C(=O)/C=C/c1ccc(OCC#N)cc1. The fraction of sp³-hybridized carbons (Fsp3) is 0.158. The van der Waals surface area contributed by atoms with Crippen LogP contribution in [0.15, 0.2) is 59.1 Å². The minimum Gasteiger partial charge on any atom is -0.479 e. The number of nitrogens with zero attached hydrogens (tertiary/aromatic N) is 2. The van der Waals surface area contributed by atoms with Crippen molar-refractivity contribution in [3.8, 4) is 11.8 Å². The first kappa shape index (κ1) is 17.8. The van der Waals surface area contributed by atoms with Crippen LogP contribution in [0, 0.1) is 11.3 Å². The smallest absolute Gasteiger partial charge is 0.246 e. The predicted octanol–water partition coefficient (Wildman–Crippen LogP) is 4.02. The van der Waals surface area contributed by atoms with E-state index >= 15 is 0 Å².